The predicted octanol–water partition coefficient (Wildman–Crippen LogP) is 26.0. The van der Waals surface area contributed by atoms with Crippen LogP contribution in [0.2, 0.25) is 0 Å². The smallest absolute Gasteiger partial charge is 0.463 e. The molecule has 5 unspecified atom stereocenters. The van der Waals surface area contributed by atoms with E-state index >= 15 is 0 Å². The van der Waals surface area contributed by atoms with Gasteiger partial charge >= 0.3 is 33.6 Å². The fraction of sp³-hybridized carbons (Fsp3) is 0.703. The van der Waals surface area contributed by atoms with Crippen molar-refractivity contribution in [2.24, 2.45) is 0 Å². The van der Waals surface area contributed by atoms with Gasteiger partial charge in [0.15, 0.2) is 6.10 Å². The van der Waals surface area contributed by atoms with Gasteiger partial charge in [-0.15, -0.1) is 0 Å². The summed E-state index contributed by atoms with van der Waals surface area (Å²) in [5.41, 5.74) is 0. The number of hydrogen-bond acceptors (Lipinski definition) is 14. The molecule has 0 saturated carbocycles. The number of allylic oxidation sites excluding steroid dienone is 24. The Morgan fingerprint density at radius 1 is 0.266 bits per heavy atom. The molecule has 626 valence electrons. The van der Waals surface area contributed by atoms with E-state index in [1.165, 1.54) is 141 Å². The first-order valence-electron chi connectivity index (χ1n) is 43.1. The van der Waals surface area contributed by atoms with Crippen LogP contribution >= 0.6 is 15.6 Å². The number of rotatable bonds is 81. The van der Waals surface area contributed by atoms with E-state index in [9.17, 15) is 43.5 Å². The third kappa shape index (κ3) is 84.2. The SMILES string of the molecule is CC/C=C\C/C=C\C/C=C\C/C=C\C/C=C\C/C=C\CCCCCCCCCCCCCCCCCCC(=O)OCC(O)COP(=O)(O)OCC(O)COP(=O)(O)OCC(COC(=O)CCCCCCCCCC/C=C\C/C=C\C/C=C\C/C=C\C/C=C\C/C=C\CC)OC(=O)CCCCCCCCCCCCC. The minimum atomic E-state index is -4.93. The van der Waals surface area contributed by atoms with Gasteiger partial charge in [0.1, 0.15) is 25.4 Å². The number of ether oxygens (including phenoxy) is 3. The van der Waals surface area contributed by atoms with E-state index in [4.69, 9.17) is 32.3 Å². The van der Waals surface area contributed by atoms with Crippen LogP contribution in [0.3, 0.4) is 0 Å². The molecule has 0 aromatic heterocycles. The minimum Gasteiger partial charge on any atom is -0.463 e. The molecule has 16 nitrogen and oxygen atoms in total. The normalized spacial score (nSPS) is 14.6. The van der Waals surface area contributed by atoms with Crippen LogP contribution in [0.1, 0.15) is 355 Å². The van der Waals surface area contributed by atoms with Crippen molar-refractivity contribution in [3.05, 3.63) is 146 Å². The topological polar surface area (TPSA) is 231 Å². The Kier molecular flexibility index (Phi) is 79.4. The van der Waals surface area contributed by atoms with Crippen LogP contribution < -0.4 is 0 Å². The van der Waals surface area contributed by atoms with E-state index in [2.05, 4.69) is 167 Å². The molecule has 0 bridgehead atoms. The molecular weight excluding hydrogens is 1410 g/mol. The molecule has 0 saturated heterocycles. The van der Waals surface area contributed by atoms with Gasteiger partial charge in [0.25, 0.3) is 0 Å². The van der Waals surface area contributed by atoms with Crippen molar-refractivity contribution < 1.29 is 75.8 Å². The summed E-state index contributed by atoms with van der Waals surface area (Å²) in [5.74, 6) is -1.58. The van der Waals surface area contributed by atoms with Crippen LogP contribution in [-0.4, -0.2) is 95.9 Å². The van der Waals surface area contributed by atoms with E-state index in [1.807, 2.05) is 0 Å². The quantitative estimate of drug-likeness (QED) is 0.0146. The van der Waals surface area contributed by atoms with Crippen molar-refractivity contribution in [1.82, 2.24) is 0 Å². The number of unbranched alkanes of at least 4 members (excludes halogenated alkanes) is 34. The molecule has 0 aliphatic heterocycles. The maximum absolute atomic E-state index is 12.9. The van der Waals surface area contributed by atoms with Crippen LogP contribution in [0.4, 0.5) is 0 Å². The zero-order valence-electron chi connectivity index (χ0n) is 68.7. The van der Waals surface area contributed by atoms with E-state index in [0.29, 0.717) is 19.3 Å². The van der Waals surface area contributed by atoms with E-state index in [1.54, 1.807) is 0 Å². The summed E-state index contributed by atoms with van der Waals surface area (Å²) in [5, 5.41) is 20.7. The number of aliphatic hydroxyl groups excluding tert-OH is 2. The summed E-state index contributed by atoms with van der Waals surface area (Å²) >= 11 is 0. The molecule has 0 heterocycles. The second kappa shape index (κ2) is 82.9. The van der Waals surface area contributed by atoms with Crippen molar-refractivity contribution in [3.8, 4) is 0 Å². The summed E-state index contributed by atoms with van der Waals surface area (Å²) in [4.78, 5) is 58.7. The van der Waals surface area contributed by atoms with Crippen LogP contribution in [0.5, 0.6) is 0 Å². The average Bonchev–Trinajstić information content (AvgIpc) is 0.903. The molecule has 0 rings (SSSR count). The molecule has 5 atom stereocenters. The molecule has 0 aromatic carbocycles. The lowest BCUT2D eigenvalue weighted by molar-refractivity contribution is -0.161. The lowest BCUT2D eigenvalue weighted by Gasteiger charge is -2.21. The highest BCUT2D eigenvalue weighted by Gasteiger charge is 2.29. The molecule has 0 radical (unpaired) electrons. The fourth-order valence-electron chi connectivity index (χ4n) is 11.6. The van der Waals surface area contributed by atoms with Crippen LogP contribution in [0, 0.1) is 0 Å². The molecule has 4 N–H and O–H groups in total. The zero-order valence-corrected chi connectivity index (χ0v) is 70.5. The third-order valence-electron chi connectivity index (χ3n) is 18.1. The van der Waals surface area contributed by atoms with Crippen molar-refractivity contribution in [2.45, 2.75) is 373 Å². The largest absolute Gasteiger partial charge is 0.472 e. The first-order valence-corrected chi connectivity index (χ1v) is 46.1. The number of aliphatic hydroxyl groups is 2. The van der Waals surface area contributed by atoms with Crippen molar-refractivity contribution >= 4 is 33.6 Å². The van der Waals surface area contributed by atoms with Crippen LogP contribution in [0.15, 0.2) is 146 Å². The second-order valence-corrected chi connectivity index (χ2v) is 31.5. The lowest BCUT2D eigenvalue weighted by Crippen LogP contribution is -2.30. The molecular formula is C91H156O16P2. The van der Waals surface area contributed by atoms with Gasteiger partial charge in [-0.25, -0.2) is 9.13 Å². The number of hydrogen-bond donors (Lipinski definition) is 4. The van der Waals surface area contributed by atoms with Gasteiger partial charge in [-0.3, -0.25) is 32.5 Å². The van der Waals surface area contributed by atoms with Gasteiger partial charge in [-0.1, -0.05) is 359 Å². The first kappa shape index (κ1) is 104. The molecule has 0 fully saturated rings. The average molecular weight is 1570 g/mol. The van der Waals surface area contributed by atoms with Gasteiger partial charge in [0, 0.05) is 19.3 Å². The number of phosphoric ester groups is 2. The molecule has 0 amide bonds. The van der Waals surface area contributed by atoms with Crippen LogP contribution in [-0.2, 0) is 55.8 Å². The van der Waals surface area contributed by atoms with Crippen molar-refractivity contribution in [2.75, 3.05) is 39.6 Å². The highest BCUT2D eigenvalue weighted by Crippen LogP contribution is 2.45. The van der Waals surface area contributed by atoms with Gasteiger partial charge in [0.2, 0.25) is 0 Å². The predicted molar refractivity (Wildman–Crippen MR) is 454 cm³/mol. The zero-order chi connectivity index (χ0) is 79.4. The molecule has 0 aliphatic carbocycles. The molecule has 18 heteroatoms. The standard InChI is InChI=1S/C91H156O16P2/c1-4-7-10-13-16-19-22-24-26-28-30-32-34-36-38-39-40-41-42-43-44-45-47-49-50-52-54-56-58-60-63-65-68-71-74-77-89(94)101-80-86(92)81-103-108(97,98)104-82-87(93)83-105-109(99,100)106-85-88(107-91(96)79-76-73-70-67-62-21-18-15-12-9-6-3)84-102-90(95)78-75-72-69-66-64-61-59-57-55-53-51-48-46-37-35-33-31-29-27-25-23-20-17-14-11-8-5-2/h7-8,10-11,16-17,19-20,24-27,30-33,36-38,40-41,46,51,53,86-88,92-93H,4-6,9,12-15,18,21-23,28-29,34-35,39,42-45,47-50,52,54-85H2,1-3H3,(H,97,98)(H,99,100)/b10-7-,11-8-,19-16-,20-17-,26-24-,27-25-,32-30-,33-31-,38-36-,41-40-,46-37-,53-51-. The molecule has 0 aliphatic rings. The maximum atomic E-state index is 12.9. The van der Waals surface area contributed by atoms with E-state index in [-0.39, 0.29) is 19.3 Å². The van der Waals surface area contributed by atoms with Crippen LogP contribution in [0.25, 0.3) is 0 Å². The number of carbonyl (C=O) groups is 3. The Bertz CT molecular complexity index is 2560. The fourth-order valence-corrected chi connectivity index (χ4v) is 13.2. The Hall–Kier alpha value is -4.57. The Morgan fingerprint density at radius 3 is 0.771 bits per heavy atom. The Morgan fingerprint density at radius 2 is 0.486 bits per heavy atom. The third-order valence-corrected chi connectivity index (χ3v) is 20.0. The van der Waals surface area contributed by atoms with Gasteiger partial charge in [0.05, 0.1) is 26.4 Å². The molecule has 0 spiro atoms. The highest BCUT2D eigenvalue weighted by molar-refractivity contribution is 7.47. The Labute approximate surface area is 664 Å². The highest BCUT2D eigenvalue weighted by atomic mass is 31.2. The summed E-state index contributed by atoms with van der Waals surface area (Å²) in [7, 11) is -9.79. The van der Waals surface area contributed by atoms with Gasteiger partial charge in [-0.2, -0.15) is 0 Å². The van der Waals surface area contributed by atoms with E-state index < -0.39 is 91.5 Å². The Balaban J connectivity index is 4.36. The maximum Gasteiger partial charge on any atom is 0.472 e. The molecule has 109 heavy (non-hydrogen) atoms. The monoisotopic (exact) mass is 1570 g/mol. The van der Waals surface area contributed by atoms with Crippen molar-refractivity contribution in [1.29, 1.82) is 0 Å². The summed E-state index contributed by atoms with van der Waals surface area (Å²) < 4.78 is 61.2. The molecule has 0 aromatic rings. The summed E-state index contributed by atoms with van der Waals surface area (Å²) in [6, 6.07) is 0. The minimum absolute atomic E-state index is 0.103. The lowest BCUT2D eigenvalue weighted by atomic mass is 10.0. The number of phosphoric acid groups is 2. The summed E-state index contributed by atoms with van der Waals surface area (Å²) in [6.45, 7) is 2.46. The van der Waals surface area contributed by atoms with Crippen molar-refractivity contribution in [3.63, 3.8) is 0 Å². The second-order valence-electron chi connectivity index (χ2n) is 28.6. The van der Waals surface area contributed by atoms with E-state index in [0.717, 1.165) is 154 Å². The number of esters is 3. The first-order chi connectivity index (χ1) is 53.2. The van der Waals surface area contributed by atoms with Gasteiger partial charge in [-0.05, 0) is 122 Å². The summed E-state index contributed by atoms with van der Waals surface area (Å²) in [6.07, 6.45) is 103. The number of carbonyl (C=O) groups excluding carboxylic acids is 3. The van der Waals surface area contributed by atoms with Gasteiger partial charge < -0.3 is 34.2 Å².